The molecule has 1 aromatic rings. The van der Waals surface area contributed by atoms with Crippen LogP contribution in [0.15, 0.2) is 58.2 Å². The van der Waals surface area contributed by atoms with Gasteiger partial charge in [0.15, 0.2) is 12.2 Å². The number of hydrogen-bond acceptors (Lipinski definition) is 5. The summed E-state index contributed by atoms with van der Waals surface area (Å²) in [6.45, 7) is 4.40. The Labute approximate surface area is 192 Å². The molecule has 0 aromatic carbocycles. The van der Waals surface area contributed by atoms with Crippen molar-refractivity contribution in [1.82, 2.24) is 10.2 Å². The Hall–Kier alpha value is -2.15. The number of aliphatic hydroxyl groups excluding tert-OH is 2. The first-order chi connectivity index (χ1) is 14.8. The summed E-state index contributed by atoms with van der Waals surface area (Å²) in [5.41, 5.74) is 3.85. The second-order valence-corrected chi connectivity index (χ2v) is 8.72. The van der Waals surface area contributed by atoms with Gasteiger partial charge in [0.25, 0.3) is 11.8 Å². The van der Waals surface area contributed by atoms with E-state index in [0.717, 1.165) is 10.5 Å². The van der Waals surface area contributed by atoms with E-state index >= 15 is 0 Å². The van der Waals surface area contributed by atoms with Crippen molar-refractivity contribution in [3.05, 3.63) is 63.0 Å². The first kappa shape index (κ1) is 25.1. The highest BCUT2D eigenvalue weighted by molar-refractivity contribution is 7.09. The van der Waals surface area contributed by atoms with Crippen LogP contribution in [0, 0.1) is 0 Å². The Kier molecular flexibility index (Phi) is 10.2. The average Bonchev–Trinajstić information content (AvgIpc) is 3.26. The molecule has 0 saturated heterocycles. The summed E-state index contributed by atoms with van der Waals surface area (Å²) in [5.74, 6) is -1.47. The van der Waals surface area contributed by atoms with Crippen LogP contribution in [-0.4, -0.2) is 58.3 Å². The number of nitrogens with one attached hydrogen (secondary N) is 1. The molecular formula is C23H29ClN2O4S. The predicted molar refractivity (Wildman–Crippen MR) is 124 cm³/mol. The zero-order chi connectivity index (χ0) is 22.8. The standard InChI is InChI=1S/C23H29ClN2O4S/c1-3-14-26(16(2)17-7-4-9-18(24)10-5-8-17)23(30)21(28)20(27)22(29)25-13-12-19-11-6-15-31-19/h4-7,10-11,15-16,20-21,27-28H,3,9,12-14H2,1-2H3,(H,25,29)/b7-4-,18-10+. The van der Waals surface area contributed by atoms with Gasteiger partial charge in [-0.05, 0) is 43.4 Å². The number of carbonyl (C=O) groups is 2. The van der Waals surface area contributed by atoms with Gasteiger partial charge in [-0.25, -0.2) is 0 Å². The molecule has 1 aliphatic carbocycles. The Bertz CT molecular complexity index is 872. The maximum absolute atomic E-state index is 13.0. The summed E-state index contributed by atoms with van der Waals surface area (Å²) in [5, 5.41) is 25.9. The summed E-state index contributed by atoms with van der Waals surface area (Å²) in [4.78, 5) is 27.8. The zero-order valence-corrected chi connectivity index (χ0v) is 19.3. The molecule has 3 unspecified atom stereocenters. The van der Waals surface area contributed by atoms with Gasteiger partial charge in [-0.2, -0.15) is 0 Å². The minimum Gasteiger partial charge on any atom is -0.380 e. The second kappa shape index (κ2) is 12.6. The SMILES string of the molecule is CCCN(C(=O)C(O)C(O)C(=O)NCCc1cccs1)C(C)C1=C=C/C=C(/Cl)C/C=C\1. The van der Waals surface area contributed by atoms with Gasteiger partial charge < -0.3 is 20.4 Å². The Morgan fingerprint density at radius 1 is 1.35 bits per heavy atom. The van der Waals surface area contributed by atoms with E-state index in [4.69, 9.17) is 11.6 Å². The quantitative estimate of drug-likeness (QED) is 0.464. The molecule has 0 fully saturated rings. The van der Waals surface area contributed by atoms with Crippen LogP contribution in [0.5, 0.6) is 0 Å². The number of carbonyl (C=O) groups excluding carboxylic acids is 2. The predicted octanol–water partition coefficient (Wildman–Crippen LogP) is 2.92. The van der Waals surface area contributed by atoms with E-state index in [9.17, 15) is 19.8 Å². The highest BCUT2D eigenvalue weighted by Crippen LogP contribution is 2.18. The van der Waals surface area contributed by atoms with Crippen molar-refractivity contribution >= 4 is 34.8 Å². The first-order valence-corrected chi connectivity index (χ1v) is 11.5. The third-order valence-electron chi connectivity index (χ3n) is 4.86. The molecule has 1 aromatic heterocycles. The first-order valence-electron chi connectivity index (χ1n) is 10.3. The fraction of sp³-hybridized carbons (Fsp3) is 0.435. The third-order valence-corrected chi connectivity index (χ3v) is 6.08. The molecule has 0 saturated carbocycles. The summed E-state index contributed by atoms with van der Waals surface area (Å²) in [6.07, 6.45) is 5.29. The van der Waals surface area contributed by atoms with Crippen molar-refractivity contribution in [2.75, 3.05) is 13.1 Å². The van der Waals surface area contributed by atoms with Crippen molar-refractivity contribution in [2.24, 2.45) is 0 Å². The van der Waals surface area contributed by atoms with E-state index in [1.165, 1.54) is 4.90 Å². The lowest BCUT2D eigenvalue weighted by Gasteiger charge is -2.32. The molecule has 168 valence electrons. The number of aliphatic hydroxyl groups is 2. The van der Waals surface area contributed by atoms with E-state index in [-0.39, 0.29) is 0 Å². The van der Waals surface area contributed by atoms with E-state index in [1.807, 2.05) is 43.5 Å². The minimum atomic E-state index is -1.85. The average molecular weight is 465 g/mol. The zero-order valence-electron chi connectivity index (χ0n) is 17.8. The van der Waals surface area contributed by atoms with Crippen LogP contribution >= 0.6 is 22.9 Å². The summed E-state index contributed by atoms with van der Waals surface area (Å²) >= 11 is 7.59. The van der Waals surface area contributed by atoms with Gasteiger partial charge in [-0.3, -0.25) is 9.59 Å². The number of rotatable bonds is 10. The van der Waals surface area contributed by atoms with Gasteiger partial charge >= 0.3 is 0 Å². The Balaban J connectivity index is 2.04. The van der Waals surface area contributed by atoms with Crippen molar-refractivity contribution in [2.45, 2.75) is 51.4 Å². The van der Waals surface area contributed by atoms with Crippen LogP contribution in [0.4, 0.5) is 0 Å². The second-order valence-electron chi connectivity index (χ2n) is 7.20. The van der Waals surface area contributed by atoms with E-state index in [2.05, 4.69) is 11.0 Å². The van der Waals surface area contributed by atoms with Gasteiger partial charge in [0, 0.05) is 35.0 Å². The molecule has 1 heterocycles. The van der Waals surface area contributed by atoms with Gasteiger partial charge in [0.05, 0.1) is 6.04 Å². The maximum Gasteiger partial charge on any atom is 0.255 e. The molecule has 0 spiro atoms. The lowest BCUT2D eigenvalue weighted by Crippen LogP contribution is -2.53. The topological polar surface area (TPSA) is 89.9 Å². The largest absolute Gasteiger partial charge is 0.380 e. The van der Waals surface area contributed by atoms with Gasteiger partial charge in [-0.15, -0.1) is 17.1 Å². The highest BCUT2D eigenvalue weighted by atomic mass is 35.5. The van der Waals surface area contributed by atoms with Crippen molar-refractivity contribution < 1.29 is 19.8 Å². The number of thiophene rings is 1. The summed E-state index contributed by atoms with van der Waals surface area (Å²) < 4.78 is 0. The fourth-order valence-corrected chi connectivity index (χ4v) is 3.98. The molecule has 0 radical (unpaired) electrons. The molecule has 6 nitrogen and oxygen atoms in total. The molecule has 0 bridgehead atoms. The van der Waals surface area contributed by atoms with Crippen LogP contribution in [0.25, 0.3) is 0 Å². The van der Waals surface area contributed by atoms with E-state index in [0.29, 0.717) is 37.4 Å². The minimum absolute atomic E-state index is 0.310. The van der Waals surface area contributed by atoms with Crippen molar-refractivity contribution in [3.63, 3.8) is 0 Å². The maximum atomic E-state index is 13.0. The van der Waals surface area contributed by atoms with Gasteiger partial charge in [0.2, 0.25) is 0 Å². The lowest BCUT2D eigenvalue weighted by molar-refractivity contribution is -0.154. The molecule has 3 N–H and O–H groups in total. The van der Waals surface area contributed by atoms with Crippen LogP contribution in [-0.2, 0) is 16.0 Å². The van der Waals surface area contributed by atoms with Crippen LogP contribution in [0.1, 0.15) is 31.6 Å². The van der Waals surface area contributed by atoms with Crippen LogP contribution in [0.2, 0.25) is 0 Å². The Morgan fingerprint density at radius 2 is 2.13 bits per heavy atom. The normalized spacial score (nSPS) is 19.1. The monoisotopic (exact) mass is 464 g/mol. The van der Waals surface area contributed by atoms with Crippen LogP contribution < -0.4 is 5.32 Å². The molecule has 2 rings (SSSR count). The van der Waals surface area contributed by atoms with Crippen LogP contribution in [0.3, 0.4) is 0 Å². The molecule has 8 heteroatoms. The molecule has 3 atom stereocenters. The summed E-state index contributed by atoms with van der Waals surface area (Å²) in [7, 11) is 0. The molecule has 0 aliphatic heterocycles. The summed E-state index contributed by atoms with van der Waals surface area (Å²) in [6, 6.07) is 3.46. The smallest absolute Gasteiger partial charge is 0.255 e. The van der Waals surface area contributed by atoms with Gasteiger partial charge in [0.1, 0.15) is 0 Å². The van der Waals surface area contributed by atoms with Gasteiger partial charge in [-0.1, -0.05) is 36.7 Å². The number of nitrogens with zero attached hydrogens (tertiary/aromatic N) is 1. The number of amides is 2. The Morgan fingerprint density at radius 3 is 2.81 bits per heavy atom. The fourth-order valence-electron chi connectivity index (χ4n) is 3.12. The lowest BCUT2D eigenvalue weighted by atomic mass is 10.0. The highest BCUT2D eigenvalue weighted by Gasteiger charge is 2.35. The molecule has 2 amide bonds. The van der Waals surface area contributed by atoms with E-state index in [1.54, 1.807) is 23.5 Å². The number of hydrogen-bond donors (Lipinski definition) is 3. The van der Waals surface area contributed by atoms with Crippen molar-refractivity contribution in [1.29, 1.82) is 0 Å². The molecule has 31 heavy (non-hydrogen) atoms. The molecule has 1 aliphatic rings. The molecular weight excluding hydrogens is 436 g/mol. The third kappa shape index (κ3) is 7.49. The number of allylic oxidation sites excluding steroid dienone is 3. The van der Waals surface area contributed by atoms with Crippen molar-refractivity contribution in [3.8, 4) is 0 Å². The van der Waals surface area contributed by atoms with E-state index < -0.39 is 30.1 Å². The number of halogens is 1.